The van der Waals surface area contributed by atoms with Gasteiger partial charge in [-0.1, -0.05) is 6.42 Å². The third kappa shape index (κ3) is 5.60. The molecule has 35 heavy (non-hydrogen) atoms. The van der Waals surface area contributed by atoms with Gasteiger partial charge in [0.25, 0.3) is 5.91 Å². The van der Waals surface area contributed by atoms with E-state index in [1.54, 1.807) is 23.5 Å². The van der Waals surface area contributed by atoms with Crippen LogP contribution in [0.5, 0.6) is 0 Å². The number of nitrogens with two attached hydrogens (primary N) is 2. The maximum Gasteiger partial charge on any atom is 0.250 e. The molecule has 1 saturated carbocycles. The summed E-state index contributed by atoms with van der Waals surface area (Å²) in [6.07, 6.45) is 10.4. The second kappa shape index (κ2) is 10.9. The minimum Gasteiger partial charge on any atom is -0.404 e. The Morgan fingerprint density at radius 1 is 1.26 bits per heavy atom. The summed E-state index contributed by atoms with van der Waals surface area (Å²) in [4.78, 5) is 20.0. The number of benzene rings is 1. The Kier molecular flexibility index (Phi) is 7.93. The van der Waals surface area contributed by atoms with Gasteiger partial charge in [0.2, 0.25) is 10.0 Å². The molecule has 0 spiro atoms. The lowest BCUT2D eigenvalue weighted by atomic mass is 9.88. The molecule has 2 aliphatic rings. The van der Waals surface area contributed by atoms with Gasteiger partial charge in [-0.15, -0.1) is 0 Å². The van der Waals surface area contributed by atoms with E-state index in [-0.39, 0.29) is 11.7 Å². The number of nitrogens with zero attached hydrogens (tertiary/aromatic N) is 2. The molecular formula is C25H36N6O3S. The summed E-state index contributed by atoms with van der Waals surface area (Å²) in [7, 11) is -3.19. The lowest BCUT2D eigenvalue weighted by Crippen LogP contribution is -2.38. The Morgan fingerprint density at radius 2 is 2.00 bits per heavy atom. The van der Waals surface area contributed by atoms with E-state index < -0.39 is 15.9 Å². The number of aromatic nitrogens is 1. The number of aliphatic imine (C=N–C) groups is 1. The van der Waals surface area contributed by atoms with Crippen molar-refractivity contribution in [2.75, 3.05) is 31.9 Å². The third-order valence-corrected chi connectivity index (χ3v) is 9.14. The zero-order chi connectivity index (χ0) is 25.0. The van der Waals surface area contributed by atoms with Crippen molar-refractivity contribution in [2.45, 2.75) is 51.0 Å². The van der Waals surface area contributed by atoms with Crippen LogP contribution in [0.2, 0.25) is 0 Å². The fourth-order valence-corrected chi connectivity index (χ4v) is 6.03. The van der Waals surface area contributed by atoms with E-state index in [2.05, 4.69) is 15.3 Å². The normalized spacial score (nSPS) is 18.9. The molecule has 2 heterocycles. The topological polar surface area (TPSA) is 147 Å². The van der Waals surface area contributed by atoms with Gasteiger partial charge in [-0.3, -0.25) is 9.79 Å². The van der Waals surface area contributed by atoms with Crippen molar-refractivity contribution in [1.82, 2.24) is 14.6 Å². The number of rotatable bonds is 10. The van der Waals surface area contributed by atoms with Crippen molar-refractivity contribution in [1.29, 1.82) is 0 Å². The predicted octanol–water partition coefficient (Wildman–Crippen LogP) is 2.31. The fourth-order valence-electron chi connectivity index (χ4n) is 4.90. The molecule has 2 fully saturated rings. The summed E-state index contributed by atoms with van der Waals surface area (Å²) in [5.74, 6) is -0.227. The molecule has 1 saturated heterocycles. The fraction of sp³-hybridized carbons (Fsp3) is 0.520. The van der Waals surface area contributed by atoms with Crippen molar-refractivity contribution in [3.05, 3.63) is 41.2 Å². The molecule has 190 valence electrons. The lowest BCUT2D eigenvalue weighted by Gasteiger charge is -2.31. The molecule has 9 nitrogen and oxygen atoms in total. The molecule has 1 aromatic heterocycles. The Balaban J connectivity index is 1.56. The Bertz CT molecular complexity index is 1220. The smallest absolute Gasteiger partial charge is 0.250 e. The Hall–Kier alpha value is -2.69. The summed E-state index contributed by atoms with van der Waals surface area (Å²) in [6, 6.07) is 4.38. The molecule has 0 bridgehead atoms. The number of hydrogen-bond acceptors (Lipinski definition) is 6. The van der Waals surface area contributed by atoms with Gasteiger partial charge in [0.05, 0.1) is 23.4 Å². The quantitative estimate of drug-likeness (QED) is 0.292. The second-order valence-corrected chi connectivity index (χ2v) is 11.6. The first-order chi connectivity index (χ1) is 16.8. The van der Waals surface area contributed by atoms with E-state index in [9.17, 15) is 13.2 Å². The first-order valence-corrected chi connectivity index (χ1v) is 14.0. The van der Waals surface area contributed by atoms with Gasteiger partial charge in [-0.2, -0.15) is 0 Å². The van der Waals surface area contributed by atoms with Crippen LogP contribution >= 0.6 is 0 Å². The summed E-state index contributed by atoms with van der Waals surface area (Å²) in [5.41, 5.74) is 15.3. The van der Waals surface area contributed by atoms with Crippen LogP contribution in [0.25, 0.3) is 16.5 Å². The monoisotopic (exact) mass is 500 g/mol. The number of H-pyrrole nitrogens is 1. The van der Waals surface area contributed by atoms with Crippen LogP contribution in [0.4, 0.5) is 0 Å². The van der Waals surface area contributed by atoms with Gasteiger partial charge < -0.3 is 21.8 Å². The molecular weight excluding hydrogens is 464 g/mol. The molecule has 1 aromatic carbocycles. The van der Waals surface area contributed by atoms with Crippen molar-refractivity contribution in [3.8, 4) is 0 Å². The highest BCUT2D eigenvalue weighted by atomic mass is 32.2. The maximum atomic E-state index is 12.3. The first-order valence-electron chi connectivity index (χ1n) is 12.4. The number of nitrogens with one attached hydrogen (secondary N) is 2. The summed E-state index contributed by atoms with van der Waals surface area (Å²) < 4.78 is 26.1. The third-order valence-electron chi connectivity index (χ3n) is 7.26. The number of amides is 1. The highest BCUT2D eigenvalue weighted by Gasteiger charge is 2.29. The largest absolute Gasteiger partial charge is 0.404 e. The number of aromatic amines is 1. The van der Waals surface area contributed by atoms with Crippen LogP contribution in [0.1, 0.15) is 66.4 Å². The van der Waals surface area contributed by atoms with Crippen LogP contribution in [-0.2, 0) is 10.0 Å². The van der Waals surface area contributed by atoms with Crippen LogP contribution in [-0.4, -0.2) is 67.8 Å². The van der Waals surface area contributed by atoms with Crippen molar-refractivity contribution < 1.29 is 13.2 Å². The van der Waals surface area contributed by atoms with Gasteiger partial charge in [0.1, 0.15) is 0 Å². The summed E-state index contributed by atoms with van der Waals surface area (Å²) in [6.45, 7) is 4.12. The van der Waals surface area contributed by atoms with Crippen molar-refractivity contribution in [2.24, 2.45) is 16.5 Å². The first kappa shape index (κ1) is 25.4. The predicted molar refractivity (Wildman–Crippen MR) is 141 cm³/mol. The molecule has 1 aliphatic heterocycles. The molecule has 0 radical (unpaired) electrons. The van der Waals surface area contributed by atoms with E-state index in [0.29, 0.717) is 42.3 Å². The number of fused-ring (bicyclic) bond motifs is 1. The van der Waals surface area contributed by atoms with Crippen LogP contribution in [0, 0.1) is 0 Å². The van der Waals surface area contributed by atoms with E-state index in [0.717, 1.165) is 35.9 Å². The number of allylic oxidation sites excluding steroid dienone is 1. The summed E-state index contributed by atoms with van der Waals surface area (Å²) in [5, 5.41) is 4.39. The molecule has 4 rings (SSSR count). The molecule has 10 heteroatoms. The molecule has 0 unspecified atom stereocenters. The number of primary amides is 1. The van der Waals surface area contributed by atoms with E-state index in [4.69, 9.17) is 11.5 Å². The number of carbonyl (C=O) groups is 1. The van der Waals surface area contributed by atoms with Crippen LogP contribution in [0.15, 0.2) is 29.5 Å². The highest BCUT2D eigenvalue weighted by molar-refractivity contribution is 7.89. The number of hydrogen-bond donors (Lipinski definition) is 4. The molecule has 0 atom stereocenters. The molecule has 2 aromatic rings. The molecule has 6 N–H and O–H groups in total. The van der Waals surface area contributed by atoms with Crippen LogP contribution < -0.4 is 16.8 Å². The molecule has 1 aliphatic carbocycles. The van der Waals surface area contributed by atoms with Gasteiger partial charge in [-0.05, 0) is 61.8 Å². The minimum absolute atomic E-state index is 0.114. The molecule has 1 amide bonds. The minimum atomic E-state index is -3.19. The SMILES string of the molecule is CCS(=O)(=O)N1CCC(c2c[nH]c3c(C(N)=O)cc(C(C=NCCNC4CCC4)=CN)cc23)CC1. The van der Waals surface area contributed by atoms with Gasteiger partial charge >= 0.3 is 0 Å². The second-order valence-electron chi connectivity index (χ2n) is 9.37. The average molecular weight is 501 g/mol. The summed E-state index contributed by atoms with van der Waals surface area (Å²) >= 11 is 0. The van der Waals surface area contributed by atoms with E-state index >= 15 is 0 Å². The van der Waals surface area contributed by atoms with Crippen LogP contribution in [0.3, 0.4) is 0 Å². The van der Waals surface area contributed by atoms with Crippen molar-refractivity contribution >= 4 is 38.6 Å². The average Bonchev–Trinajstić information content (AvgIpc) is 3.26. The standard InChI is InChI=1S/C25H36N6O3S/c1-2-35(33,34)31-10-6-17(7-11-31)23-16-30-24-21(23)12-18(13-22(24)25(27)32)19(14-26)15-28-8-9-29-20-4-3-5-20/h12-17,20,29-30H,2-11,26H2,1H3,(H2,27,32). The zero-order valence-corrected chi connectivity index (χ0v) is 21.1. The Labute approximate surface area is 207 Å². The number of carbonyl (C=O) groups excluding carboxylic acids is 1. The highest BCUT2D eigenvalue weighted by Crippen LogP contribution is 2.36. The van der Waals surface area contributed by atoms with Gasteiger partial charge in [-0.25, -0.2) is 12.7 Å². The van der Waals surface area contributed by atoms with E-state index in [1.807, 2.05) is 12.3 Å². The van der Waals surface area contributed by atoms with E-state index in [1.165, 1.54) is 25.5 Å². The number of piperidine rings is 1. The Morgan fingerprint density at radius 3 is 2.60 bits per heavy atom. The van der Waals surface area contributed by atoms with Crippen molar-refractivity contribution in [3.63, 3.8) is 0 Å². The zero-order valence-electron chi connectivity index (χ0n) is 20.3. The van der Waals surface area contributed by atoms with Gasteiger partial charge in [0.15, 0.2) is 0 Å². The number of sulfonamides is 1. The van der Waals surface area contributed by atoms with Gasteiger partial charge in [0, 0.05) is 55.2 Å². The maximum absolute atomic E-state index is 12.3. The lowest BCUT2D eigenvalue weighted by molar-refractivity contribution is 0.100.